The lowest BCUT2D eigenvalue weighted by Crippen LogP contribution is -2.30. The molecule has 0 saturated carbocycles. The van der Waals surface area contributed by atoms with Crippen LogP contribution >= 0.6 is 15.6 Å². The monoisotopic (exact) mass is 1270 g/mol. The van der Waals surface area contributed by atoms with E-state index in [2.05, 4.69) is 55.4 Å². The van der Waals surface area contributed by atoms with Crippen LogP contribution < -0.4 is 0 Å². The van der Waals surface area contributed by atoms with Crippen LogP contribution in [-0.4, -0.2) is 96.7 Å². The second-order valence-electron chi connectivity index (χ2n) is 26.1. The third-order valence-electron chi connectivity index (χ3n) is 15.3. The molecule has 0 saturated heterocycles. The minimum Gasteiger partial charge on any atom is -0.462 e. The Bertz CT molecular complexity index is 1710. The lowest BCUT2D eigenvalue weighted by Gasteiger charge is -2.21. The first-order valence-electron chi connectivity index (χ1n) is 34.7. The molecule has 17 nitrogen and oxygen atoms in total. The average Bonchev–Trinajstić information content (AvgIpc) is 3.61. The van der Waals surface area contributed by atoms with E-state index >= 15 is 0 Å². The molecule has 86 heavy (non-hydrogen) atoms. The molecule has 19 heteroatoms. The quantitative estimate of drug-likeness (QED) is 0.0222. The molecular formula is C67H130O17P2. The Morgan fingerprint density at radius 2 is 0.488 bits per heavy atom. The van der Waals surface area contributed by atoms with Gasteiger partial charge >= 0.3 is 39.5 Å². The summed E-state index contributed by atoms with van der Waals surface area (Å²) in [5.74, 6) is 0.776. The minimum absolute atomic E-state index is 0.104. The molecular weight excluding hydrogens is 1140 g/mol. The number of esters is 4. The first-order valence-corrected chi connectivity index (χ1v) is 37.7. The number of carbonyl (C=O) groups excluding carboxylic acids is 4. The maximum absolute atomic E-state index is 13.0. The second kappa shape index (κ2) is 57.0. The normalized spacial score (nSPS) is 14.4. The highest BCUT2D eigenvalue weighted by molar-refractivity contribution is 7.47. The molecule has 0 rings (SSSR count). The summed E-state index contributed by atoms with van der Waals surface area (Å²) in [4.78, 5) is 72.4. The summed E-state index contributed by atoms with van der Waals surface area (Å²) in [5, 5.41) is 10.6. The number of phosphoric acid groups is 2. The first-order chi connectivity index (χ1) is 41.1. The van der Waals surface area contributed by atoms with Gasteiger partial charge in [0.15, 0.2) is 12.2 Å². The second-order valence-corrected chi connectivity index (χ2v) is 29.0. The summed E-state index contributed by atoms with van der Waals surface area (Å²) >= 11 is 0. The highest BCUT2D eigenvalue weighted by Gasteiger charge is 2.30. The summed E-state index contributed by atoms with van der Waals surface area (Å²) in [6.07, 6.45) is 37.7. The Kier molecular flexibility index (Phi) is 55.7. The molecule has 0 amide bonds. The van der Waals surface area contributed by atoms with Crippen LogP contribution in [0.25, 0.3) is 0 Å². The highest BCUT2D eigenvalue weighted by Crippen LogP contribution is 2.45. The predicted molar refractivity (Wildman–Crippen MR) is 344 cm³/mol. The number of ether oxygens (including phenoxy) is 4. The van der Waals surface area contributed by atoms with Gasteiger partial charge in [-0.1, -0.05) is 274 Å². The molecule has 0 aromatic carbocycles. The van der Waals surface area contributed by atoms with E-state index in [9.17, 15) is 43.2 Å². The lowest BCUT2D eigenvalue weighted by atomic mass is 10.0. The van der Waals surface area contributed by atoms with Crippen molar-refractivity contribution in [3.63, 3.8) is 0 Å². The number of rotatable bonds is 64. The molecule has 0 aliphatic heterocycles. The van der Waals surface area contributed by atoms with Crippen molar-refractivity contribution in [1.82, 2.24) is 0 Å². The largest absolute Gasteiger partial charge is 0.472 e. The third-order valence-corrected chi connectivity index (χ3v) is 17.2. The first kappa shape index (κ1) is 84.1. The number of unbranched alkanes of at least 4 members (excludes halogenated alkanes) is 30. The summed E-state index contributed by atoms with van der Waals surface area (Å²) in [7, 11) is -9.90. The van der Waals surface area contributed by atoms with Gasteiger partial charge in [-0.15, -0.1) is 0 Å². The van der Waals surface area contributed by atoms with Crippen LogP contribution in [0.2, 0.25) is 0 Å². The van der Waals surface area contributed by atoms with Crippen LogP contribution in [0.15, 0.2) is 0 Å². The molecule has 0 fully saturated rings. The van der Waals surface area contributed by atoms with Crippen LogP contribution in [0.3, 0.4) is 0 Å². The zero-order valence-corrected chi connectivity index (χ0v) is 57.7. The Morgan fingerprint density at radius 1 is 0.291 bits per heavy atom. The van der Waals surface area contributed by atoms with Crippen LogP contribution in [0.4, 0.5) is 0 Å². The van der Waals surface area contributed by atoms with Crippen molar-refractivity contribution in [3.05, 3.63) is 0 Å². The molecule has 3 N–H and O–H groups in total. The average molecular weight is 1270 g/mol. The van der Waals surface area contributed by atoms with Gasteiger partial charge in [0, 0.05) is 25.7 Å². The summed E-state index contributed by atoms with van der Waals surface area (Å²) in [6.45, 7) is 14.0. The Hall–Kier alpha value is -1.94. The lowest BCUT2D eigenvalue weighted by molar-refractivity contribution is -0.161. The third kappa shape index (κ3) is 60.9. The van der Waals surface area contributed by atoms with Gasteiger partial charge in [0.1, 0.15) is 19.3 Å². The SMILES string of the molecule is CC(C)CCCCCCCCCCCCCC(=O)O[C@H](COC(=O)CCCCCCCCCC(C)C)COP(=O)(O)OCC(O)COP(=O)(O)OC[C@@H](COC(=O)CCCCCCCCCC(C)C)OC(=O)CCCCCCCCCCCC(C)C. The predicted octanol–water partition coefficient (Wildman–Crippen LogP) is 18.5. The van der Waals surface area contributed by atoms with E-state index in [1.807, 2.05) is 0 Å². The van der Waals surface area contributed by atoms with E-state index in [0.717, 1.165) is 115 Å². The molecule has 0 aliphatic rings. The fraction of sp³-hybridized carbons (Fsp3) is 0.940. The molecule has 0 radical (unpaired) electrons. The van der Waals surface area contributed by atoms with Crippen molar-refractivity contribution < 1.29 is 80.2 Å². The molecule has 0 aromatic rings. The maximum Gasteiger partial charge on any atom is 0.472 e. The fourth-order valence-electron chi connectivity index (χ4n) is 9.96. The molecule has 5 atom stereocenters. The Labute approximate surface area is 524 Å². The molecule has 510 valence electrons. The molecule has 0 aromatic heterocycles. The van der Waals surface area contributed by atoms with Gasteiger partial charge in [-0.3, -0.25) is 37.3 Å². The van der Waals surface area contributed by atoms with E-state index in [4.69, 9.17) is 37.0 Å². The molecule has 0 heterocycles. The van der Waals surface area contributed by atoms with E-state index in [-0.39, 0.29) is 25.7 Å². The van der Waals surface area contributed by atoms with E-state index in [1.54, 1.807) is 0 Å². The molecule has 0 bridgehead atoms. The van der Waals surface area contributed by atoms with Gasteiger partial charge in [-0.25, -0.2) is 9.13 Å². The van der Waals surface area contributed by atoms with Gasteiger partial charge in [-0.2, -0.15) is 0 Å². The topological polar surface area (TPSA) is 237 Å². The van der Waals surface area contributed by atoms with Gasteiger partial charge in [0.05, 0.1) is 26.4 Å². The van der Waals surface area contributed by atoms with E-state index < -0.39 is 97.5 Å². The highest BCUT2D eigenvalue weighted by atomic mass is 31.2. The number of aliphatic hydroxyl groups excluding tert-OH is 1. The molecule has 0 aliphatic carbocycles. The standard InChI is InChI=1S/C67H130O17P2/c1-57(2)43-35-27-19-13-10-9-11-15-23-33-41-49-66(71)83-62(53-77-64(69)47-39-31-25-17-21-29-37-45-59(5)6)55-81-85(73,74)79-51-61(68)52-80-86(75,76)82-56-63(54-78-65(70)48-40-32-26-18-22-30-38-46-60(7)8)84-67(72)50-42-34-24-16-12-14-20-28-36-44-58(3)4/h57-63,68H,9-56H2,1-8H3,(H,73,74)(H,75,76)/t61?,62-,63-/m1/s1. The van der Waals surface area contributed by atoms with Gasteiger partial charge in [0.2, 0.25) is 0 Å². The van der Waals surface area contributed by atoms with Crippen molar-refractivity contribution >= 4 is 39.5 Å². The molecule has 3 unspecified atom stereocenters. The van der Waals surface area contributed by atoms with Crippen LogP contribution in [-0.2, 0) is 65.4 Å². The summed E-state index contributed by atoms with van der Waals surface area (Å²) < 4.78 is 68.1. The molecule has 0 spiro atoms. The zero-order valence-electron chi connectivity index (χ0n) is 55.9. The van der Waals surface area contributed by atoms with Crippen LogP contribution in [0.5, 0.6) is 0 Å². The van der Waals surface area contributed by atoms with E-state index in [1.165, 1.54) is 116 Å². The van der Waals surface area contributed by atoms with Gasteiger partial charge in [0.25, 0.3) is 0 Å². The minimum atomic E-state index is -4.95. The zero-order chi connectivity index (χ0) is 63.9. The van der Waals surface area contributed by atoms with Gasteiger partial charge < -0.3 is 33.8 Å². The number of aliphatic hydroxyl groups is 1. The van der Waals surface area contributed by atoms with E-state index in [0.29, 0.717) is 37.5 Å². The maximum atomic E-state index is 13.0. The van der Waals surface area contributed by atoms with Crippen molar-refractivity contribution in [2.75, 3.05) is 39.6 Å². The van der Waals surface area contributed by atoms with Crippen molar-refractivity contribution in [1.29, 1.82) is 0 Å². The number of carbonyl (C=O) groups is 4. The van der Waals surface area contributed by atoms with Crippen molar-refractivity contribution in [2.24, 2.45) is 23.7 Å². The Morgan fingerprint density at radius 3 is 0.721 bits per heavy atom. The number of phosphoric ester groups is 2. The number of hydrogen-bond donors (Lipinski definition) is 3. The van der Waals surface area contributed by atoms with Crippen molar-refractivity contribution in [3.8, 4) is 0 Å². The van der Waals surface area contributed by atoms with Crippen LogP contribution in [0.1, 0.15) is 325 Å². The summed E-state index contributed by atoms with van der Waals surface area (Å²) in [5.41, 5.74) is 0. The summed E-state index contributed by atoms with van der Waals surface area (Å²) in [6, 6.07) is 0. The van der Waals surface area contributed by atoms with Gasteiger partial charge in [-0.05, 0) is 49.4 Å². The Balaban J connectivity index is 5.25. The fourth-order valence-corrected chi connectivity index (χ4v) is 11.5. The van der Waals surface area contributed by atoms with Crippen LogP contribution in [0, 0.1) is 23.7 Å². The number of hydrogen-bond acceptors (Lipinski definition) is 15. The smallest absolute Gasteiger partial charge is 0.462 e. The van der Waals surface area contributed by atoms with Crippen molar-refractivity contribution in [2.45, 2.75) is 343 Å².